The van der Waals surface area contributed by atoms with Crippen LogP contribution in [0.4, 0.5) is 24.7 Å². The highest BCUT2D eigenvalue weighted by Gasteiger charge is 2.32. The number of pyridine rings is 1. The van der Waals surface area contributed by atoms with E-state index in [0.717, 1.165) is 30.7 Å². The van der Waals surface area contributed by atoms with Gasteiger partial charge in [-0.3, -0.25) is 9.59 Å². The Morgan fingerprint density at radius 3 is 2.61 bits per heavy atom. The van der Waals surface area contributed by atoms with E-state index in [9.17, 15) is 22.8 Å². The van der Waals surface area contributed by atoms with Crippen LogP contribution in [-0.2, 0) is 9.59 Å². The average Bonchev–Trinajstić information content (AvgIpc) is 2.69. The van der Waals surface area contributed by atoms with Crippen molar-refractivity contribution in [2.24, 2.45) is 0 Å². The third-order valence-electron chi connectivity index (χ3n) is 4.66. The smallest absolute Gasteiger partial charge is 0.313 e. The lowest BCUT2D eigenvalue weighted by Crippen LogP contribution is -2.44. The standard InChI is InChI=1S/C19H19F3N4O2/c20-12-6-4-11(5-7-12)15-3-1-2-8-26(15)19(28)18(27)25-13-9-14(16(21)22)17(23)24-10-13/h4-7,9-10,15-16H,1-3,8H2,(H2,23,24)(H,25,27)/t15-/m0/s1. The molecule has 1 aliphatic rings. The van der Waals surface area contributed by atoms with Gasteiger partial charge in [0.05, 0.1) is 23.5 Å². The number of likely N-dealkylation sites (tertiary alicyclic amines) is 1. The molecule has 1 saturated heterocycles. The van der Waals surface area contributed by atoms with Gasteiger partial charge in [0.15, 0.2) is 0 Å². The topological polar surface area (TPSA) is 88.3 Å². The molecule has 6 nitrogen and oxygen atoms in total. The molecule has 28 heavy (non-hydrogen) atoms. The van der Waals surface area contributed by atoms with E-state index in [1.165, 1.54) is 17.0 Å². The quantitative estimate of drug-likeness (QED) is 0.784. The van der Waals surface area contributed by atoms with Crippen molar-refractivity contribution >= 4 is 23.3 Å². The van der Waals surface area contributed by atoms with Crippen molar-refractivity contribution < 1.29 is 22.8 Å². The van der Waals surface area contributed by atoms with E-state index in [4.69, 9.17) is 5.73 Å². The van der Waals surface area contributed by atoms with E-state index < -0.39 is 23.8 Å². The molecule has 2 heterocycles. The molecule has 1 fully saturated rings. The number of nitrogen functional groups attached to an aromatic ring is 1. The van der Waals surface area contributed by atoms with Gasteiger partial charge in [0.2, 0.25) is 0 Å². The van der Waals surface area contributed by atoms with Gasteiger partial charge in [0, 0.05) is 6.54 Å². The number of hydrogen-bond donors (Lipinski definition) is 2. The normalized spacial score (nSPS) is 16.9. The van der Waals surface area contributed by atoms with E-state index in [2.05, 4.69) is 10.3 Å². The second kappa shape index (κ2) is 8.28. The fourth-order valence-corrected chi connectivity index (χ4v) is 3.26. The lowest BCUT2D eigenvalue weighted by molar-refractivity contribution is -0.145. The van der Waals surface area contributed by atoms with Gasteiger partial charge < -0.3 is 16.0 Å². The number of nitrogens with two attached hydrogens (primary N) is 1. The lowest BCUT2D eigenvalue weighted by atomic mass is 9.95. The van der Waals surface area contributed by atoms with Crippen molar-refractivity contribution in [1.82, 2.24) is 9.88 Å². The maximum atomic E-state index is 13.2. The predicted octanol–water partition coefficient (Wildman–Crippen LogP) is 3.43. The minimum absolute atomic E-state index is 0.0433. The van der Waals surface area contributed by atoms with Crippen LogP contribution in [0, 0.1) is 5.82 Å². The van der Waals surface area contributed by atoms with Gasteiger partial charge in [0.25, 0.3) is 6.43 Å². The molecule has 0 radical (unpaired) electrons. The van der Waals surface area contributed by atoms with E-state index in [0.29, 0.717) is 13.0 Å². The summed E-state index contributed by atoms with van der Waals surface area (Å²) in [6.07, 6.45) is 0.497. The van der Waals surface area contributed by atoms with Crippen molar-refractivity contribution in [2.75, 3.05) is 17.6 Å². The van der Waals surface area contributed by atoms with Crippen LogP contribution in [0.15, 0.2) is 36.5 Å². The first kappa shape index (κ1) is 19.7. The third-order valence-corrected chi connectivity index (χ3v) is 4.66. The molecule has 9 heteroatoms. The van der Waals surface area contributed by atoms with E-state index in [1.54, 1.807) is 12.1 Å². The van der Waals surface area contributed by atoms with Crippen LogP contribution < -0.4 is 11.1 Å². The lowest BCUT2D eigenvalue weighted by Gasteiger charge is -2.35. The second-order valence-electron chi connectivity index (χ2n) is 6.51. The summed E-state index contributed by atoms with van der Waals surface area (Å²) >= 11 is 0. The Bertz CT molecular complexity index is 874. The molecule has 2 aromatic rings. The number of nitrogens with one attached hydrogen (secondary N) is 1. The summed E-state index contributed by atoms with van der Waals surface area (Å²) in [5, 5.41) is 2.30. The molecule has 0 unspecified atom stereocenters. The van der Waals surface area contributed by atoms with Gasteiger partial charge in [-0.1, -0.05) is 12.1 Å². The number of halogens is 3. The van der Waals surface area contributed by atoms with Crippen molar-refractivity contribution in [1.29, 1.82) is 0 Å². The maximum Gasteiger partial charge on any atom is 0.313 e. The minimum Gasteiger partial charge on any atom is -0.383 e. The Hall–Kier alpha value is -3.10. The Morgan fingerprint density at radius 1 is 1.21 bits per heavy atom. The molecular formula is C19H19F3N4O2. The van der Waals surface area contributed by atoms with Crippen LogP contribution in [0.5, 0.6) is 0 Å². The van der Waals surface area contributed by atoms with Crippen LogP contribution in [0.3, 0.4) is 0 Å². The van der Waals surface area contributed by atoms with Crippen LogP contribution in [0.2, 0.25) is 0 Å². The summed E-state index contributed by atoms with van der Waals surface area (Å²) in [5.41, 5.74) is 5.55. The number of piperidine rings is 1. The fourth-order valence-electron chi connectivity index (χ4n) is 3.26. The average molecular weight is 392 g/mol. The number of rotatable bonds is 3. The van der Waals surface area contributed by atoms with Crippen LogP contribution in [0.25, 0.3) is 0 Å². The SMILES string of the molecule is Nc1ncc(NC(=O)C(=O)N2CCCC[C@H]2c2ccc(F)cc2)cc1C(F)F. The summed E-state index contributed by atoms with van der Waals surface area (Å²) in [7, 11) is 0. The minimum atomic E-state index is -2.86. The summed E-state index contributed by atoms with van der Waals surface area (Å²) < 4.78 is 39.0. The first-order chi connectivity index (χ1) is 13.4. The highest BCUT2D eigenvalue weighted by Crippen LogP contribution is 2.31. The van der Waals surface area contributed by atoms with E-state index in [-0.39, 0.29) is 23.4 Å². The zero-order chi connectivity index (χ0) is 20.3. The summed E-state index contributed by atoms with van der Waals surface area (Å²) in [4.78, 5) is 30.1. The Morgan fingerprint density at radius 2 is 1.93 bits per heavy atom. The molecule has 1 atom stereocenters. The highest BCUT2D eigenvalue weighted by atomic mass is 19.3. The first-order valence-corrected chi connectivity index (χ1v) is 8.78. The van der Waals surface area contributed by atoms with Gasteiger partial charge in [-0.25, -0.2) is 18.2 Å². The number of carbonyl (C=O) groups excluding carboxylic acids is 2. The second-order valence-corrected chi connectivity index (χ2v) is 6.51. The molecule has 1 aliphatic heterocycles. The zero-order valence-corrected chi connectivity index (χ0v) is 14.9. The number of benzene rings is 1. The summed E-state index contributed by atoms with van der Waals surface area (Å²) in [5.74, 6) is -2.47. The third kappa shape index (κ3) is 4.24. The Balaban J connectivity index is 1.76. The summed E-state index contributed by atoms with van der Waals surface area (Å²) in [6, 6.07) is 6.42. The number of alkyl halides is 2. The molecule has 2 amide bonds. The van der Waals surface area contributed by atoms with Crippen LogP contribution in [0.1, 0.15) is 42.9 Å². The number of hydrogen-bond acceptors (Lipinski definition) is 4. The van der Waals surface area contributed by atoms with Gasteiger partial charge in [0.1, 0.15) is 11.6 Å². The van der Waals surface area contributed by atoms with Crippen molar-refractivity contribution in [3.8, 4) is 0 Å². The highest BCUT2D eigenvalue weighted by molar-refractivity contribution is 6.39. The first-order valence-electron chi connectivity index (χ1n) is 8.78. The molecule has 1 aromatic carbocycles. The largest absolute Gasteiger partial charge is 0.383 e. The van der Waals surface area contributed by atoms with Crippen LogP contribution in [-0.4, -0.2) is 28.2 Å². The fraction of sp³-hybridized carbons (Fsp3) is 0.316. The van der Waals surface area contributed by atoms with Gasteiger partial charge in [-0.15, -0.1) is 0 Å². The van der Waals surface area contributed by atoms with E-state index in [1.807, 2.05) is 0 Å². The molecule has 3 rings (SSSR count). The van der Waals surface area contributed by atoms with Gasteiger partial charge in [-0.2, -0.15) is 0 Å². The van der Waals surface area contributed by atoms with Crippen LogP contribution >= 0.6 is 0 Å². The Kier molecular flexibility index (Phi) is 5.81. The summed E-state index contributed by atoms with van der Waals surface area (Å²) in [6.45, 7) is 0.372. The number of anilines is 2. The molecule has 0 aliphatic carbocycles. The van der Waals surface area contributed by atoms with Crippen molar-refractivity contribution in [2.45, 2.75) is 31.7 Å². The number of amides is 2. The number of aromatic nitrogens is 1. The molecule has 3 N–H and O–H groups in total. The van der Waals surface area contributed by atoms with Gasteiger partial charge >= 0.3 is 11.8 Å². The van der Waals surface area contributed by atoms with Crippen molar-refractivity contribution in [3.05, 3.63) is 53.5 Å². The molecule has 0 bridgehead atoms. The zero-order valence-electron chi connectivity index (χ0n) is 14.9. The van der Waals surface area contributed by atoms with Crippen molar-refractivity contribution in [3.63, 3.8) is 0 Å². The maximum absolute atomic E-state index is 13.2. The molecular weight excluding hydrogens is 373 g/mol. The number of carbonyl (C=O) groups is 2. The molecule has 0 saturated carbocycles. The predicted molar refractivity (Wildman–Crippen MR) is 96.9 cm³/mol. The van der Waals surface area contributed by atoms with E-state index >= 15 is 0 Å². The molecule has 1 aromatic heterocycles. The number of nitrogens with zero attached hydrogens (tertiary/aromatic N) is 2. The van der Waals surface area contributed by atoms with Gasteiger partial charge in [-0.05, 0) is 43.0 Å². The Labute approximate surface area is 159 Å². The molecule has 148 valence electrons. The molecule has 0 spiro atoms. The monoisotopic (exact) mass is 392 g/mol.